The first-order valence-electron chi connectivity index (χ1n) is 6.31. The molecule has 2 rings (SSSR count). The van der Waals surface area contributed by atoms with Crippen LogP contribution in [0.5, 0.6) is 11.5 Å². The fraction of sp³-hybridized carbons (Fsp3) is 0.333. The van der Waals surface area contributed by atoms with Crippen molar-refractivity contribution in [2.24, 2.45) is 0 Å². The van der Waals surface area contributed by atoms with Crippen LogP contribution in [0.1, 0.15) is 24.1 Å². The van der Waals surface area contributed by atoms with Gasteiger partial charge in [0.25, 0.3) is 0 Å². The van der Waals surface area contributed by atoms with Gasteiger partial charge in [-0.15, -0.1) is 0 Å². The van der Waals surface area contributed by atoms with Crippen LogP contribution in [-0.2, 0) is 6.54 Å². The number of nitrogens with one attached hydrogen (secondary N) is 1. The second kappa shape index (κ2) is 7.11. The largest absolute Gasteiger partial charge is 0.493 e. The Morgan fingerprint density at radius 3 is 2.55 bits per heavy atom. The minimum atomic E-state index is 0.321. The fourth-order valence-corrected chi connectivity index (χ4v) is 3.15. The van der Waals surface area contributed by atoms with Crippen LogP contribution in [0.15, 0.2) is 33.4 Å². The summed E-state index contributed by atoms with van der Waals surface area (Å²) in [5.74, 6) is 1.48. The summed E-state index contributed by atoms with van der Waals surface area (Å²) in [6.07, 6.45) is 0. The standard InChI is InChI=1S/C15H18BrNO2S/c1-10(11-4-5-20-9-11)17-8-12-6-14(18-2)15(19-3)7-13(12)16/h4-7,9-10,17H,8H2,1-3H3. The maximum Gasteiger partial charge on any atom is 0.161 e. The Hall–Kier alpha value is -1.04. The van der Waals surface area contributed by atoms with E-state index in [1.54, 1.807) is 25.6 Å². The zero-order chi connectivity index (χ0) is 14.5. The van der Waals surface area contributed by atoms with Gasteiger partial charge in [-0.1, -0.05) is 15.9 Å². The van der Waals surface area contributed by atoms with Crippen LogP contribution in [0.3, 0.4) is 0 Å². The van der Waals surface area contributed by atoms with Crippen molar-refractivity contribution in [3.05, 3.63) is 44.6 Å². The van der Waals surface area contributed by atoms with Gasteiger partial charge in [-0.2, -0.15) is 11.3 Å². The SMILES string of the molecule is COc1cc(Br)c(CNC(C)c2ccsc2)cc1OC. The number of thiophene rings is 1. The minimum Gasteiger partial charge on any atom is -0.493 e. The summed E-state index contributed by atoms with van der Waals surface area (Å²) in [4.78, 5) is 0. The molecule has 1 aromatic carbocycles. The summed E-state index contributed by atoms with van der Waals surface area (Å²) in [5.41, 5.74) is 2.45. The lowest BCUT2D eigenvalue weighted by molar-refractivity contribution is 0.354. The monoisotopic (exact) mass is 355 g/mol. The first-order chi connectivity index (χ1) is 9.65. The molecule has 2 aromatic rings. The summed E-state index contributed by atoms with van der Waals surface area (Å²) in [6.45, 7) is 2.93. The lowest BCUT2D eigenvalue weighted by Gasteiger charge is -2.15. The molecular weight excluding hydrogens is 338 g/mol. The smallest absolute Gasteiger partial charge is 0.161 e. The highest BCUT2D eigenvalue weighted by Gasteiger charge is 2.11. The normalized spacial score (nSPS) is 12.2. The van der Waals surface area contributed by atoms with Gasteiger partial charge < -0.3 is 14.8 Å². The molecule has 0 spiro atoms. The number of rotatable bonds is 6. The zero-order valence-electron chi connectivity index (χ0n) is 11.8. The molecule has 1 aromatic heterocycles. The molecule has 108 valence electrons. The van der Waals surface area contributed by atoms with Gasteiger partial charge >= 0.3 is 0 Å². The van der Waals surface area contributed by atoms with E-state index in [4.69, 9.17) is 9.47 Å². The third kappa shape index (κ3) is 3.53. The molecule has 20 heavy (non-hydrogen) atoms. The highest BCUT2D eigenvalue weighted by atomic mass is 79.9. The van der Waals surface area contributed by atoms with Crippen LogP contribution in [0, 0.1) is 0 Å². The lowest BCUT2D eigenvalue weighted by atomic mass is 10.1. The molecule has 0 fully saturated rings. The third-order valence-corrected chi connectivity index (χ3v) is 4.63. The Balaban J connectivity index is 2.09. The maximum absolute atomic E-state index is 5.34. The van der Waals surface area contributed by atoms with Crippen LogP contribution in [0.25, 0.3) is 0 Å². The molecule has 0 amide bonds. The van der Waals surface area contributed by atoms with Crippen molar-refractivity contribution >= 4 is 27.3 Å². The van der Waals surface area contributed by atoms with E-state index in [-0.39, 0.29) is 0 Å². The Labute approximate surface area is 132 Å². The first-order valence-corrected chi connectivity index (χ1v) is 8.05. The van der Waals surface area contributed by atoms with Gasteiger partial charge in [-0.3, -0.25) is 0 Å². The lowest BCUT2D eigenvalue weighted by Crippen LogP contribution is -2.17. The van der Waals surface area contributed by atoms with E-state index < -0.39 is 0 Å². The van der Waals surface area contributed by atoms with Crippen molar-refractivity contribution in [3.8, 4) is 11.5 Å². The van der Waals surface area contributed by atoms with Crippen molar-refractivity contribution in [2.45, 2.75) is 19.5 Å². The summed E-state index contributed by atoms with van der Waals surface area (Å²) >= 11 is 5.29. The Morgan fingerprint density at radius 1 is 1.25 bits per heavy atom. The molecule has 1 unspecified atom stereocenters. The van der Waals surface area contributed by atoms with Gasteiger partial charge in [0.2, 0.25) is 0 Å². The molecule has 1 heterocycles. The van der Waals surface area contributed by atoms with Gasteiger partial charge in [0.05, 0.1) is 14.2 Å². The van der Waals surface area contributed by atoms with E-state index in [1.807, 2.05) is 12.1 Å². The molecule has 0 radical (unpaired) electrons. The summed E-state index contributed by atoms with van der Waals surface area (Å²) in [5, 5.41) is 7.78. The summed E-state index contributed by atoms with van der Waals surface area (Å²) in [6, 6.07) is 6.40. The van der Waals surface area contributed by atoms with Crippen LogP contribution in [-0.4, -0.2) is 14.2 Å². The number of benzene rings is 1. The molecule has 1 atom stereocenters. The number of hydrogen-bond donors (Lipinski definition) is 1. The molecule has 0 saturated heterocycles. The second-order valence-electron chi connectivity index (χ2n) is 4.46. The number of hydrogen-bond acceptors (Lipinski definition) is 4. The van der Waals surface area contributed by atoms with Gasteiger partial charge in [0.1, 0.15) is 0 Å². The Kier molecular flexibility index (Phi) is 5.46. The summed E-state index contributed by atoms with van der Waals surface area (Å²) in [7, 11) is 3.29. The predicted molar refractivity (Wildman–Crippen MR) is 86.8 cm³/mol. The fourth-order valence-electron chi connectivity index (χ4n) is 1.93. The van der Waals surface area contributed by atoms with Gasteiger partial charge in [0, 0.05) is 17.1 Å². The quantitative estimate of drug-likeness (QED) is 0.833. The first kappa shape index (κ1) is 15.4. The highest BCUT2D eigenvalue weighted by Crippen LogP contribution is 2.33. The highest BCUT2D eigenvalue weighted by molar-refractivity contribution is 9.10. The van der Waals surface area contributed by atoms with Gasteiger partial charge in [-0.05, 0) is 47.0 Å². The second-order valence-corrected chi connectivity index (χ2v) is 6.09. The van der Waals surface area contributed by atoms with Crippen LogP contribution >= 0.6 is 27.3 Å². The Morgan fingerprint density at radius 2 is 1.95 bits per heavy atom. The van der Waals surface area contributed by atoms with Crippen molar-refractivity contribution < 1.29 is 9.47 Å². The van der Waals surface area contributed by atoms with Crippen LogP contribution in [0.4, 0.5) is 0 Å². The summed E-state index contributed by atoms with van der Waals surface area (Å²) < 4.78 is 11.6. The van der Waals surface area contributed by atoms with Crippen molar-refractivity contribution in [1.82, 2.24) is 5.32 Å². The van der Waals surface area contributed by atoms with Crippen molar-refractivity contribution in [3.63, 3.8) is 0 Å². The molecule has 0 aliphatic carbocycles. The average molecular weight is 356 g/mol. The van der Waals surface area contributed by atoms with Gasteiger partial charge in [0.15, 0.2) is 11.5 Å². The van der Waals surface area contributed by atoms with Crippen molar-refractivity contribution in [1.29, 1.82) is 0 Å². The number of halogens is 1. The molecule has 0 aliphatic rings. The topological polar surface area (TPSA) is 30.5 Å². The van der Waals surface area contributed by atoms with E-state index in [1.165, 1.54) is 5.56 Å². The molecular formula is C15H18BrNO2S. The Bertz CT molecular complexity index is 557. The minimum absolute atomic E-state index is 0.321. The molecule has 0 bridgehead atoms. The molecule has 5 heteroatoms. The van der Waals surface area contributed by atoms with E-state index in [2.05, 4.69) is 45.0 Å². The van der Waals surface area contributed by atoms with Gasteiger partial charge in [-0.25, -0.2) is 0 Å². The van der Waals surface area contributed by atoms with E-state index in [9.17, 15) is 0 Å². The zero-order valence-corrected chi connectivity index (χ0v) is 14.2. The van der Waals surface area contributed by atoms with Crippen molar-refractivity contribution in [2.75, 3.05) is 14.2 Å². The number of methoxy groups -OCH3 is 2. The van der Waals surface area contributed by atoms with Crippen LogP contribution < -0.4 is 14.8 Å². The molecule has 1 N–H and O–H groups in total. The molecule has 0 aliphatic heterocycles. The predicted octanol–water partition coefficient (Wildman–Crippen LogP) is 4.38. The van der Waals surface area contributed by atoms with E-state index in [0.29, 0.717) is 6.04 Å². The maximum atomic E-state index is 5.34. The molecule has 0 saturated carbocycles. The number of ether oxygens (including phenoxy) is 2. The average Bonchev–Trinajstić information content (AvgIpc) is 2.99. The third-order valence-electron chi connectivity index (χ3n) is 3.19. The van der Waals surface area contributed by atoms with Crippen LogP contribution in [0.2, 0.25) is 0 Å². The molecule has 3 nitrogen and oxygen atoms in total. The van der Waals surface area contributed by atoms with E-state index in [0.717, 1.165) is 28.1 Å². The van der Waals surface area contributed by atoms with E-state index >= 15 is 0 Å².